The maximum atomic E-state index is 11.5. The summed E-state index contributed by atoms with van der Waals surface area (Å²) < 4.78 is 6.55. The zero-order chi connectivity index (χ0) is 12.4. The number of benzene rings is 1. The summed E-state index contributed by atoms with van der Waals surface area (Å²) in [6, 6.07) is 5.50. The summed E-state index contributed by atoms with van der Waals surface area (Å²) in [5, 5.41) is 0. The molecule has 0 fully saturated rings. The minimum absolute atomic E-state index is 0.148. The summed E-state index contributed by atoms with van der Waals surface area (Å²) in [5.41, 5.74) is 0.642. The zero-order valence-corrected chi connectivity index (χ0v) is 12.6. The van der Waals surface area contributed by atoms with Gasteiger partial charge in [0.25, 0.3) is 5.56 Å². The van der Waals surface area contributed by atoms with Crippen molar-refractivity contribution in [3.8, 4) is 17.1 Å². The second-order valence-electron chi connectivity index (χ2n) is 3.25. The Labute approximate surface area is 120 Å². The van der Waals surface area contributed by atoms with E-state index >= 15 is 0 Å². The van der Waals surface area contributed by atoms with Gasteiger partial charge in [-0.2, -0.15) is 0 Å². The van der Waals surface area contributed by atoms with E-state index in [2.05, 4.69) is 25.9 Å². The minimum atomic E-state index is -0.148. The van der Waals surface area contributed by atoms with Crippen LogP contribution >= 0.6 is 38.5 Å². The molecule has 0 amide bonds. The smallest absolute Gasteiger partial charge is 0.264 e. The molecular weight excluding hydrogens is 399 g/mol. The summed E-state index contributed by atoms with van der Waals surface area (Å²) in [6.45, 7) is 0. The molecule has 0 unspecified atom stereocenters. The second kappa shape index (κ2) is 5.18. The normalized spacial score (nSPS) is 10.3. The van der Waals surface area contributed by atoms with Crippen LogP contribution < -0.4 is 10.3 Å². The van der Waals surface area contributed by atoms with E-state index in [9.17, 15) is 4.79 Å². The van der Waals surface area contributed by atoms with Gasteiger partial charge in [-0.15, -0.1) is 0 Å². The van der Waals surface area contributed by atoms with E-state index in [0.717, 1.165) is 10.0 Å². The summed E-state index contributed by atoms with van der Waals surface area (Å²) in [6.07, 6.45) is 1.54. The number of halogens is 2. The number of hydrogen-bond acceptors (Lipinski definition) is 3. The molecule has 0 saturated carbocycles. The Hall–Kier alpha value is -0.890. The summed E-state index contributed by atoms with van der Waals surface area (Å²) >= 11 is 5.36. The molecule has 0 aliphatic carbocycles. The predicted octanol–water partition coefficient (Wildman–Crippen LogP) is 2.81. The number of aromatic amines is 1. The lowest BCUT2D eigenvalue weighted by Crippen LogP contribution is -2.11. The minimum Gasteiger partial charge on any atom is -0.497 e. The van der Waals surface area contributed by atoms with E-state index in [4.69, 9.17) is 4.74 Å². The SMILES string of the molecule is COc1ccc(Br)c(-c2ncc(I)c(=O)[nH]2)c1. The summed E-state index contributed by atoms with van der Waals surface area (Å²) in [7, 11) is 1.59. The van der Waals surface area contributed by atoms with Gasteiger partial charge in [-0.1, -0.05) is 15.9 Å². The number of H-pyrrole nitrogens is 1. The van der Waals surface area contributed by atoms with Crippen molar-refractivity contribution in [3.63, 3.8) is 0 Å². The topological polar surface area (TPSA) is 55.0 Å². The average Bonchev–Trinajstić information content (AvgIpc) is 2.33. The van der Waals surface area contributed by atoms with E-state index in [0.29, 0.717) is 15.1 Å². The highest BCUT2D eigenvalue weighted by Crippen LogP contribution is 2.28. The van der Waals surface area contributed by atoms with Crippen LogP contribution in [-0.4, -0.2) is 17.1 Å². The van der Waals surface area contributed by atoms with Gasteiger partial charge in [-0.3, -0.25) is 4.79 Å². The molecule has 1 N–H and O–H groups in total. The average molecular weight is 407 g/mol. The van der Waals surface area contributed by atoms with Crippen molar-refractivity contribution >= 4 is 38.5 Å². The van der Waals surface area contributed by atoms with E-state index in [1.54, 1.807) is 13.3 Å². The molecular formula is C11H8BrIN2O2. The molecule has 0 saturated heterocycles. The molecule has 0 aliphatic rings. The fourth-order valence-corrected chi connectivity index (χ4v) is 2.04. The zero-order valence-electron chi connectivity index (χ0n) is 8.83. The van der Waals surface area contributed by atoms with Gasteiger partial charge in [0.1, 0.15) is 11.6 Å². The first-order chi connectivity index (χ1) is 8.11. The first-order valence-electron chi connectivity index (χ1n) is 4.70. The molecule has 0 spiro atoms. The van der Waals surface area contributed by atoms with Gasteiger partial charge < -0.3 is 9.72 Å². The van der Waals surface area contributed by atoms with Crippen LogP contribution in [0.4, 0.5) is 0 Å². The number of aromatic nitrogens is 2. The number of ether oxygens (including phenoxy) is 1. The third kappa shape index (κ3) is 2.68. The molecule has 88 valence electrons. The fraction of sp³-hybridized carbons (Fsp3) is 0.0909. The number of methoxy groups -OCH3 is 1. The standard InChI is InChI=1S/C11H8BrIN2O2/c1-17-6-2-3-8(12)7(4-6)10-14-5-9(13)11(16)15-10/h2-5H,1H3,(H,14,15,16). The van der Waals surface area contributed by atoms with E-state index in [1.807, 2.05) is 40.8 Å². The van der Waals surface area contributed by atoms with Crippen molar-refractivity contribution in [2.45, 2.75) is 0 Å². The van der Waals surface area contributed by atoms with Crippen LogP contribution in [-0.2, 0) is 0 Å². The van der Waals surface area contributed by atoms with Crippen LogP contribution in [0.3, 0.4) is 0 Å². The van der Waals surface area contributed by atoms with Gasteiger partial charge in [-0.05, 0) is 40.8 Å². The Morgan fingerprint density at radius 3 is 2.88 bits per heavy atom. The molecule has 6 heteroatoms. The number of rotatable bonds is 2. The first kappa shape index (κ1) is 12.6. The van der Waals surface area contributed by atoms with E-state index < -0.39 is 0 Å². The predicted molar refractivity (Wildman–Crippen MR) is 77.3 cm³/mol. The Kier molecular flexibility index (Phi) is 3.82. The Balaban J connectivity index is 2.59. The van der Waals surface area contributed by atoms with Crippen molar-refractivity contribution in [1.82, 2.24) is 9.97 Å². The number of nitrogens with zero attached hydrogens (tertiary/aromatic N) is 1. The molecule has 0 atom stereocenters. The van der Waals surface area contributed by atoms with Crippen molar-refractivity contribution in [3.05, 3.63) is 42.8 Å². The number of nitrogens with one attached hydrogen (secondary N) is 1. The lowest BCUT2D eigenvalue weighted by molar-refractivity contribution is 0.415. The van der Waals surface area contributed by atoms with Gasteiger partial charge in [0, 0.05) is 16.2 Å². The molecule has 0 bridgehead atoms. The van der Waals surface area contributed by atoms with Crippen LogP contribution in [0.25, 0.3) is 11.4 Å². The highest BCUT2D eigenvalue weighted by Gasteiger charge is 2.08. The van der Waals surface area contributed by atoms with Gasteiger partial charge in [0.05, 0.1) is 10.7 Å². The van der Waals surface area contributed by atoms with Crippen molar-refractivity contribution in [2.24, 2.45) is 0 Å². The highest BCUT2D eigenvalue weighted by molar-refractivity contribution is 14.1. The molecule has 1 aromatic heterocycles. The third-order valence-electron chi connectivity index (χ3n) is 2.18. The van der Waals surface area contributed by atoms with Crippen LogP contribution in [0.5, 0.6) is 5.75 Å². The lowest BCUT2D eigenvalue weighted by Gasteiger charge is -2.06. The second-order valence-corrected chi connectivity index (χ2v) is 5.27. The fourth-order valence-electron chi connectivity index (χ4n) is 1.33. The Bertz CT molecular complexity index is 613. The largest absolute Gasteiger partial charge is 0.497 e. The van der Waals surface area contributed by atoms with E-state index in [-0.39, 0.29) is 5.56 Å². The van der Waals surface area contributed by atoms with Gasteiger partial charge in [0.15, 0.2) is 0 Å². The quantitative estimate of drug-likeness (QED) is 0.780. The van der Waals surface area contributed by atoms with E-state index in [1.165, 1.54) is 0 Å². The highest BCUT2D eigenvalue weighted by atomic mass is 127. The molecule has 1 heterocycles. The number of hydrogen-bond donors (Lipinski definition) is 1. The van der Waals surface area contributed by atoms with Gasteiger partial charge in [0.2, 0.25) is 0 Å². The molecule has 1 aromatic carbocycles. The molecule has 2 aromatic rings. The van der Waals surface area contributed by atoms with Crippen LogP contribution in [0.2, 0.25) is 0 Å². The molecule has 0 aliphatic heterocycles. The summed E-state index contributed by atoms with van der Waals surface area (Å²) in [4.78, 5) is 18.5. The van der Waals surface area contributed by atoms with Gasteiger partial charge >= 0.3 is 0 Å². The summed E-state index contributed by atoms with van der Waals surface area (Å²) in [5.74, 6) is 1.23. The van der Waals surface area contributed by atoms with Crippen molar-refractivity contribution in [1.29, 1.82) is 0 Å². The Morgan fingerprint density at radius 1 is 1.47 bits per heavy atom. The monoisotopic (exact) mass is 406 g/mol. The molecule has 2 rings (SSSR count). The lowest BCUT2D eigenvalue weighted by atomic mass is 10.2. The van der Waals surface area contributed by atoms with Crippen LogP contribution in [0, 0.1) is 3.57 Å². The van der Waals surface area contributed by atoms with Gasteiger partial charge in [-0.25, -0.2) is 4.98 Å². The first-order valence-corrected chi connectivity index (χ1v) is 6.57. The van der Waals surface area contributed by atoms with Crippen LogP contribution in [0.15, 0.2) is 33.7 Å². The maximum Gasteiger partial charge on any atom is 0.264 e. The molecule has 0 radical (unpaired) electrons. The Morgan fingerprint density at radius 2 is 2.24 bits per heavy atom. The van der Waals surface area contributed by atoms with Crippen LogP contribution in [0.1, 0.15) is 0 Å². The van der Waals surface area contributed by atoms with Crippen molar-refractivity contribution < 1.29 is 4.74 Å². The third-order valence-corrected chi connectivity index (χ3v) is 3.64. The van der Waals surface area contributed by atoms with Crippen molar-refractivity contribution in [2.75, 3.05) is 7.11 Å². The maximum absolute atomic E-state index is 11.5. The molecule has 17 heavy (non-hydrogen) atoms. The molecule has 4 nitrogen and oxygen atoms in total.